The molecule has 16 nitrogen and oxygen atoms in total. The first-order valence-corrected chi connectivity index (χ1v) is 16.8. The van der Waals surface area contributed by atoms with Crippen LogP contribution in [-0.2, 0) is 29.6 Å². The number of nitrogens with one attached hydrogen (secondary N) is 3. The second-order valence-corrected chi connectivity index (χ2v) is 13.8. The fourth-order valence-electron chi connectivity index (χ4n) is 5.43. The highest BCUT2D eigenvalue weighted by molar-refractivity contribution is 7.89. The van der Waals surface area contributed by atoms with Crippen LogP contribution < -0.4 is 15.1 Å². The van der Waals surface area contributed by atoms with Gasteiger partial charge in [0.1, 0.15) is 5.69 Å². The van der Waals surface area contributed by atoms with Gasteiger partial charge in [-0.3, -0.25) is 20.3 Å². The number of anilines is 1. The molecule has 2 amide bonds. The molecule has 0 bridgehead atoms. The number of hydrogen-bond acceptors (Lipinski definition) is 12. The van der Waals surface area contributed by atoms with Gasteiger partial charge in [-0.1, -0.05) is 12.1 Å². The van der Waals surface area contributed by atoms with E-state index in [1.54, 1.807) is 9.80 Å². The van der Waals surface area contributed by atoms with Crippen molar-refractivity contribution in [2.75, 3.05) is 57.8 Å². The number of sulfonamides is 2. The summed E-state index contributed by atoms with van der Waals surface area (Å²) in [7, 11) is -8.28. The Labute approximate surface area is 253 Å². The summed E-state index contributed by atoms with van der Waals surface area (Å²) in [5.74, 6) is 0. The zero-order valence-corrected chi connectivity index (χ0v) is 25.2. The van der Waals surface area contributed by atoms with Crippen LogP contribution in [0.25, 0.3) is 21.5 Å². The molecule has 0 saturated carbocycles. The molecule has 3 aromatic rings. The lowest BCUT2D eigenvalue weighted by molar-refractivity contribution is -0.118. The van der Waals surface area contributed by atoms with Gasteiger partial charge in [-0.05, 0) is 42.3 Å². The average molecular weight is 649 g/mol. The van der Waals surface area contributed by atoms with E-state index in [-0.39, 0.29) is 55.8 Å². The third-order valence-electron chi connectivity index (χ3n) is 7.71. The van der Waals surface area contributed by atoms with Crippen LogP contribution in [-0.4, -0.2) is 107 Å². The smallest absolute Gasteiger partial charge is 0.253 e. The standard InChI is InChI=1S/C26H32N8O8S2/c35-17-31-7-1-9-33(13-11-31)29-43(39,40)19-3-5-21-23(15-19)26(28-38)24-16-20(4-6-22(24)25(21)27-37)44(41,42)30-34-10-2-8-32(18-36)12-14-34/h3-6,15-18,27,29-30,37H,1-2,7-14H2. The number of nitrogens with zero attached hydrogens (tertiary/aromatic N) is 5. The summed E-state index contributed by atoms with van der Waals surface area (Å²) in [6.45, 7) is 2.98. The fourth-order valence-corrected chi connectivity index (χ4v) is 7.73. The van der Waals surface area contributed by atoms with Gasteiger partial charge in [0.05, 0.1) is 15.5 Å². The maximum Gasteiger partial charge on any atom is 0.253 e. The number of amides is 2. The second-order valence-electron chi connectivity index (χ2n) is 10.5. The van der Waals surface area contributed by atoms with Crippen molar-refractivity contribution < 1.29 is 31.6 Å². The van der Waals surface area contributed by atoms with E-state index in [4.69, 9.17) is 0 Å². The molecule has 2 aliphatic heterocycles. The Bertz CT molecular complexity index is 1680. The predicted molar refractivity (Wildman–Crippen MR) is 161 cm³/mol. The molecule has 0 spiro atoms. The molecule has 0 atom stereocenters. The van der Waals surface area contributed by atoms with Gasteiger partial charge in [-0.2, -0.15) is 0 Å². The predicted octanol–water partition coefficient (Wildman–Crippen LogP) is 0.907. The SMILES string of the molecule is O=CN1CCCN(NS(=O)(=O)c2ccc3c(NO)c4ccc(S(=O)(=O)NN5CCCN(C=O)CC5)cc4c(N=O)c3c2)CC1. The molecular weight excluding hydrogens is 616 g/mol. The van der Waals surface area contributed by atoms with Crippen LogP contribution in [0.3, 0.4) is 0 Å². The zero-order chi connectivity index (χ0) is 31.5. The maximum absolute atomic E-state index is 13.3. The van der Waals surface area contributed by atoms with E-state index in [1.807, 2.05) is 0 Å². The summed E-state index contributed by atoms with van der Waals surface area (Å²) in [5, 5.41) is 16.9. The van der Waals surface area contributed by atoms with E-state index in [0.29, 0.717) is 52.1 Å². The normalized spacial score (nSPS) is 17.8. The summed E-state index contributed by atoms with van der Waals surface area (Å²) in [4.78, 5) is 42.2. The minimum absolute atomic E-state index is 0.0684. The average Bonchev–Trinajstić information content (AvgIpc) is 3.38. The van der Waals surface area contributed by atoms with Gasteiger partial charge in [-0.25, -0.2) is 26.9 Å². The Morgan fingerprint density at radius 3 is 1.50 bits per heavy atom. The van der Waals surface area contributed by atoms with E-state index >= 15 is 0 Å². The minimum Gasteiger partial charge on any atom is -0.344 e. The summed E-state index contributed by atoms with van der Waals surface area (Å²) in [6.07, 6.45) is 2.56. The third-order valence-corrected chi connectivity index (χ3v) is 10.5. The first-order chi connectivity index (χ1) is 21.1. The first-order valence-electron chi connectivity index (χ1n) is 13.8. The van der Waals surface area contributed by atoms with Crippen LogP contribution in [0.2, 0.25) is 0 Å². The van der Waals surface area contributed by atoms with Gasteiger partial charge in [0.15, 0.2) is 0 Å². The van der Waals surface area contributed by atoms with Gasteiger partial charge in [-0.15, -0.1) is 14.6 Å². The highest BCUT2D eigenvalue weighted by Crippen LogP contribution is 2.42. The molecule has 2 heterocycles. The lowest BCUT2D eigenvalue weighted by atomic mass is 9.99. The van der Waals surface area contributed by atoms with Crippen LogP contribution in [0.1, 0.15) is 12.8 Å². The number of carbonyl (C=O) groups excluding carboxylic acids is 2. The number of hydrazine groups is 2. The Morgan fingerprint density at radius 2 is 1.11 bits per heavy atom. The number of fused-ring (bicyclic) bond motifs is 2. The van der Waals surface area contributed by atoms with Crippen molar-refractivity contribution in [3.05, 3.63) is 41.3 Å². The van der Waals surface area contributed by atoms with E-state index in [1.165, 1.54) is 46.4 Å². The topological polar surface area (TPSA) is 201 Å². The lowest BCUT2D eigenvalue weighted by Gasteiger charge is -2.22. The monoisotopic (exact) mass is 648 g/mol. The number of hydrogen-bond donors (Lipinski definition) is 4. The van der Waals surface area contributed by atoms with Crippen LogP contribution in [0.4, 0.5) is 11.4 Å². The maximum atomic E-state index is 13.3. The molecule has 2 fully saturated rings. The Kier molecular flexibility index (Phi) is 9.39. The Morgan fingerprint density at radius 1 is 0.659 bits per heavy atom. The molecule has 0 aliphatic carbocycles. The summed E-state index contributed by atoms with van der Waals surface area (Å²) < 4.78 is 53.4. The summed E-state index contributed by atoms with van der Waals surface area (Å²) in [5.41, 5.74) is 2.00. The molecule has 2 aliphatic rings. The molecule has 5 rings (SSSR count). The molecular formula is C26H32N8O8S2. The van der Waals surface area contributed by atoms with E-state index in [0.717, 1.165) is 12.8 Å². The van der Waals surface area contributed by atoms with Crippen LogP contribution in [0.15, 0.2) is 51.4 Å². The lowest BCUT2D eigenvalue weighted by Crippen LogP contribution is -2.44. The first kappa shape index (κ1) is 31.6. The molecule has 2 saturated heterocycles. The largest absolute Gasteiger partial charge is 0.344 e. The molecule has 236 valence electrons. The van der Waals surface area contributed by atoms with E-state index in [2.05, 4.69) is 20.3 Å². The Hall–Kier alpha value is -3.78. The van der Waals surface area contributed by atoms with Crippen LogP contribution in [0, 0.1) is 4.91 Å². The summed E-state index contributed by atoms with van der Waals surface area (Å²) >= 11 is 0. The van der Waals surface area contributed by atoms with Gasteiger partial charge >= 0.3 is 0 Å². The molecule has 18 heteroatoms. The van der Waals surface area contributed by atoms with E-state index in [9.17, 15) is 36.5 Å². The molecule has 0 aromatic heterocycles. The molecule has 4 N–H and O–H groups in total. The van der Waals surface area contributed by atoms with Crippen molar-refractivity contribution in [3.63, 3.8) is 0 Å². The zero-order valence-electron chi connectivity index (χ0n) is 23.5. The summed E-state index contributed by atoms with van der Waals surface area (Å²) in [6, 6.07) is 7.94. The van der Waals surface area contributed by atoms with Gasteiger partial charge in [0.2, 0.25) is 12.8 Å². The van der Waals surface area contributed by atoms with Crippen molar-refractivity contribution >= 4 is 65.8 Å². The van der Waals surface area contributed by atoms with Gasteiger partial charge in [0.25, 0.3) is 20.0 Å². The quantitative estimate of drug-likeness (QED) is 0.105. The third kappa shape index (κ3) is 6.50. The van der Waals surface area contributed by atoms with Crippen molar-refractivity contribution in [1.82, 2.24) is 29.5 Å². The minimum atomic E-state index is -4.14. The Balaban J connectivity index is 1.52. The number of rotatable bonds is 10. The fraction of sp³-hybridized carbons (Fsp3) is 0.385. The molecule has 44 heavy (non-hydrogen) atoms. The van der Waals surface area contributed by atoms with Gasteiger partial charge < -0.3 is 9.80 Å². The highest BCUT2D eigenvalue weighted by Gasteiger charge is 2.26. The molecule has 0 radical (unpaired) electrons. The molecule has 3 aromatic carbocycles. The van der Waals surface area contributed by atoms with Crippen molar-refractivity contribution in [2.45, 2.75) is 22.6 Å². The second kappa shape index (κ2) is 13.1. The number of nitroso groups, excluding NO2 is 1. The number of carbonyl (C=O) groups is 2. The molecule has 0 unspecified atom stereocenters. The number of benzene rings is 3. The van der Waals surface area contributed by atoms with Crippen molar-refractivity contribution in [1.29, 1.82) is 0 Å². The van der Waals surface area contributed by atoms with E-state index < -0.39 is 20.0 Å². The van der Waals surface area contributed by atoms with Crippen LogP contribution in [0.5, 0.6) is 0 Å². The van der Waals surface area contributed by atoms with Crippen LogP contribution >= 0.6 is 0 Å². The van der Waals surface area contributed by atoms with Crippen molar-refractivity contribution in [3.8, 4) is 0 Å². The van der Waals surface area contributed by atoms with Gasteiger partial charge in [0, 0.05) is 73.9 Å². The highest BCUT2D eigenvalue weighted by atomic mass is 32.2. The van der Waals surface area contributed by atoms with Crippen molar-refractivity contribution in [2.24, 2.45) is 5.18 Å².